The van der Waals surface area contributed by atoms with Crippen molar-refractivity contribution in [2.45, 2.75) is 12.5 Å². The van der Waals surface area contributed by atoms with E-state index in [0.29, 0.717) is 30.7 Å². The molecule has 4 rings (SSSR count). The van der Waals surface area contributed by atoms with Crippen molar-refractivity contribution in [3.8, 4) is 0 Å². The summed E-state index contributed by atoms with van der Waals surface area (Å²) in [5.74, 6) is -1.53. The van der Waals surface area contributed by atoms with E-state index in [-0.39, 0.29) is 22.3 Å². The van der Waals surface area contributed by atoms with Gasteiger partial charge in [-0.05, 0) is 42.3 Å². The largest absolute Gasteiger partial charge is 0.465 e. The molecule has 3 aromatic rings. The van der Waals surface area contributed by atoms with Gasteiger partial charge in [0.1, 0.15) is 11.4 Å². The molecule has 0 bridgehead atoms. The number of carbonyl (C=O) groups excluding carboxylic acids is 2. The molecule has 0 radical (unpaired) electrons. The van der Waals surface area contributed by atoms with Gasteiger partial charge < -0.3 is 18.8 Å². The molecule has 31 heavy (non-hydrogen) atoms. The normalized spacial score (nSPS) is 15.4. The number of ether oxygens (including phenoxy) is 2. The van der Waals surface area contributed by atoms with E-state index in [9.17, 15) is 18.8 Å². The first kappa shape index (κ1) is 20.7. The van der Waals surface area contributed by atoms with E-state index in [0.717, 1.165) is 6.07 Å². The predicted octanol–water partition coefficient (Wildman–Crippen LogP) is 3.30. The second-order valence-electron chi connectivity index (χ2n) is 7.18. The van der Waals surface area contributed by atoms with E-state index in [1.165, 1.54) is 24.1 Å². The Hall–Kier alpha value is -3.52. The number of hydrogen-bond donors (Lipinski definition) is 0. The van der Waals surface area contributed by atoms with Crippen LogP contribution < -0.4 is 5.43 Å². The highest BCUT2D eigenvalue weighted by molar-refractivity contribution is 5.99. The Balaban J connectivity index is 1.87. The van der Waals surface area contributed by atoms with Crippen molar-refractivity contribution in [3.63, 3.8) is 0 Å². The van der Waals surface area contributed by atoms with Crippen LogP contribution in [0.4, 0.5) is 4.39 Å². The number of fused-ring (bicyclic) bond motifs is 2. The van der Waals surface area contributed by atoms with E-state index in [2.05, 4.69) is 0 Å². The van der Waals surface area contributed by atoms with Crippen LogP contribution >= 0.6 is 0 Å². The highest BCUT2D eigenvalue weighted by Crippen LogP contribution is 2.38. The summed E-state index contributed by atoms with van der Waals surface area (Å²) in [6, 6.07) is 9.37. The fourth-order valence-corrected chi connectivity index (χ4v) is 3.87. The molecule has 7 nitrogen and oxygen atoms in total. The quantitative estimate of drug-likeness (QED) is 0.445. The Morgan fingerprint density at radius 1 is 1.13 bits per heavy atom. The molecule has 2 aromatic carbocycles. The van der Waals surface area contributed by atoms with Crippen molar-refractivity contribution in [2.24, 2.45) is 0 Å². The zero-order chi connectivity index (χ0) is 22.1. The van der Waals surface area contributed by atoms with Crippen molar-refractivity contribution < 1.29 is 27.9 Å². The van der Waals surface area contributed by atoms with Gasteiger partial charge in [-0.2, -0.15) is 0 Å². The first-order valence-corrected chi connectivity index (χ1v) is 9.70. The van der Waals surface area contributed by atoms with Gasteiger partial charge >= 0.3 is 5.97 Å². The predicted molar refractivity (Wildman–Crippen MR) is 110 cm³/mol. The van der Waals surface area contributed by atoms with Gasteiger partial charge in [-0.15, -0.1) is 0 Å². The molecule has 0 saturated heterocycles. The molecule has 160 valence electrons. The molecular weight excluding hydrogens is 405 g/mol. The summed E-state index contributed by atoms with van der Waals surface area (Å²) in [4.78, 5) is 39.8. The van der Waals surface area contributed by atoms with Crippen LogP contribution in [0.3, 0.4) is 0 Å². The van der Waals surface area contributed by atoms with E-state index < -0.39 is 29.2 Å². The minimum Gasteiger partial charge on any atom is -0.465 e. The average Bonchev–Trinajstić information content (AvgIpc) is 3.06. The minimum atomic E-state index is -0.727. The molecule has 1 unspecified atom stereocenters. The molecule has 1 amide bonds. The summed E-state index contributed by atoms with van der Waals surface area (Å²) in [7, 11) is 2.85. The molecule has 0 aliphatic carbocycles. The fourth-order valence-electron chi connectivity index (χ4n) is 3.87. The van der Waals surface area contributed by atoms with Crippen LogP contribution in [-0.2, 0) is 9.47 Å². The Bertz CT molecular complexity index is 1220. The molecule has 1 aromatic heterocycles. The van der Waals surface area contributed by atoms with E-state index in [1.807, 2.05) is 0 Å². The molecule has 0 spiro atoms. The number of halogens is 1. The monoisotopic (exact) mass is 425 g/mol. The number of nitrogens with zero attached hydrogens (tertiary/aromatic N) is 1. The summed E-state index contributed by atoms with van der Waals surface area (Å²) in [6.07, 6.45) is 0.551. The Labute approximate surface area is 177 Å². The van der Waals surface area contributed by atoms with Crippen molar-refractivity contribution in [1.82, 2.24) is 4.90 Å². The fraction of sp³-hybridized carbons (Fsp3) is 0.261. The SMILES string of the molecule is COCCCN1C(=O)c2oc3ccc(F)cc3c(=O)c2C1c1ccc(C(=O)OC)cc1. The van der Waals surface area contributed by atoms with E-state index in [1.54, 1.807) is 31.4 Å². The number of carbonyl (C=O) groups is 2. The second-order valence-corrected chi connectivity index (χ2v) is 7.18. The average molecular weight is 425 g/mol. The number of rotatable bonds is 6. The standard InChI is InChI=1S/C23H20FNO6/c1-29-11-3-10-25-19(13-4-6-14(7-5-13)23(28)30-2)18-20(26)16-12-15(24)8-9-17(16)31-21(18)22(25)27/h4-9,12,19H,3,10-11H2,1-2H3. The maximum absolute atomic E-state index is 13.8. The van der Waals surface area contributed by atoms with Crippen LogP contribution in [0.5, 0.6) is 0 Å². The van der Waals surface area contributed by atoms with Crippen LogP contribution in [0.1, 0.15) is 44.5 Å². The van der Waals surface area contributed by atoms with Gasteiger partial charge in [0.25, 0.3) is 5.91 Å². The lowest BCUT2D eigenvalue weighted by molar-refractivity contribution is 0.0599. The first-order chi connectivity index (χ1) is 15.0. The number of methoxy groups -OCH3 is 2. The maximum atomic E-state index is 13.8. The third-order valence-corrected chi connectivity index (χ3v) is 5.32. The topological polar surface area (TPSA) is 86.0 Å². The summed E-state index contributed by atoms with van der Waals surface area (Å²) >= 11 is 0. The first-order valence-electron chi connectivity index (χ1n) is 9.70. The highest BCUT2D eigenvalue weighted by Gasteiger charge is 2.42. The Morgan fingerprint density at radius 3 is 2.55 bits per heavy atom. The van der Waals surface area contributed by atoms with Gasteiger partial charge in [0.15, 0.2) is 5.43 Å². The molecule has 2 heterocycles. The molecule has 1 aliphatic rings. The molecule has 0 N–H and O–H groups in total. The van der Waals surface area contributed by atoms with E-state index >= 15 is 0 Å². The number of esters is 1. The van der Waals surface area contributed by atoms with Crippen LogP contribution in [0.25, 0.3) is 11.0 Å². The molecule has 8 heteroatoms. The smallest absolute Gasteiger partial charge is 0.337 e. The third-order valence-electron chi connectivity index (χ3n) is 5.32. The van der Waals surface area contributed by atoms with Crippen molar-refractivity contribution in [3.05, 3.63) is 81.0 Å². The lowest BCUT2D eigenvalue weighted by Crippen LogP contribution is -2.31. The molecule has 1 aliphatic heterocycles. The van der Waals surface area contributed by atoms with Crippen molar-refractivity contribution in [1.29, 1.82) is 0 Å². The van der Waals surface area contributed by atoms with Crippen LogP contribution in [0.15, 0.2) is 51.7 Å². The molecular formula is C23H20FNO6. The summed E-state index contributed by atoms with van der Waals surface area (Å²) < 4.78 is 29.4. The van der Waals surface area contributed by atoms with Crippen LogP contribution in [-0.4, -0.2) is 44.1 Å². The minimum absolute atomic E-state index is 0.0523. The van der Waals surface area contributed by atoms with Gasteiger partial charge in [0, 0.05) is 20.3 Å². The molecule has 0 saturated carbocycles. The van der Waals surface area contributed by atoms with Gasteiger partial charge in [-0.25, -0.2) is 9.18 Å². The van der Waals surface area contributed by atoms with Gasteiger partial charge in [-0.1, -0.05) is 12.1 Å². The second kappa shape index (κ2) is 8.31. The number of benzene rings is 2. The number of amides is 1. The van der Waals surface area contributed by atoms with E-state index in [4.69, 9.17) is 13.9 Å². The van der Waals surface area contributed by atoms with Crippen LogP contribution in [0.2, 0.25) is 0 Å². The van der Waals surface area contributed by atoms with Gasteiger partial charge in [0.2, 0.25) is 5.76 Å². The zero-order valence-corrected chi connectivity index (χ0v) is 17.0. The van der Waals surface area contributed by atoms with Gasteiger partial charge in [-0.3, -0.25) is 9.59 Å². The lowest BCUT2D eigenvalue weighted by Gasteiger charge is -2.25. The summed E-state index contributed by atoms with van der Waals surface area (Å²) in [5.41, 5.74) is 0.818. The highest BCUT2D eigenvalue weighted by atomic mass is 19.1. The lowest BCUT2D eigenvalue weighted by atomic mass is 9.97. The number of hydrogen-bond acceptors (Lipinski definition) is 6. The van der Waals surface area contributed by atoms with Crippen molar-refractivity contribution in [2.75, 3.05) is 27.4 Å². The summed E-state index contributed by atoms with van der Waals surface area (Å²) in [6.45, 7) is 0.757. The third kappa shape index (κ3) is 3.59. The van der Waals surface area contributed by atoms with Crippen molar-refractivity contribution >= 4 is 22.8 Å². The van der Waals surface area contributed by atoms with Crippen LogP contribution in [0, 0.1) is 5.82 Å². The van der Waals surface area contributed by atoms with Gasteiger partial charge in [0.05, 0.1) is 29.7 Å². The zero-order valence-electron chi connectivity index (χ0n) is 17.0. The maximum Gasteiger partial charge on any atom is 0.337 e. The summed E-state index contributed by atoms with van der Waals surface area (Å²) in [5, 5.41) is 0.0708. The Kier molecular flexibility index (Phi) is 5.56. The molecule has 1 atom stereocenters. The molecule has 0 fully saturated rings. The Morgan fingerprint density at radius 2 is 1.87 bits per heavy atom.